The van der Waals surface area contributed by atoms with Gasteiger partial charge in [-0.25, -0.2) is 0 Å². The van der Waals surface area contributed by atoms with Crippen LogP contribution in [0.2, 0.25) is 0 Å². The highest BCUT2D eigenvalue weighted by Gasteiger charge is 2.20. The van der Waals surface area contributed by atoms with E-state index in [-0.39, 0.29) is 6.10 Å². The fraction of sp³-hybridized carbons (Fsp3) is 0.353. The van der Waals surface area contributed by atoms with Crippen molar-refractivity contribution in [2.45, 2.75) is 31.9 Å². The maximum atomic E-state index is 10.0. The number of rotatable bonds is 3. The number of nitrogens with zero attached hydrogens (tertiary/aromatic N) is 2. The van der Waals surface area contributed by atoms with Gasteiger partial charge in [-0.05, 0) is 43.0 Å². The van der Waals surface area contributed by atoms with Gasteiger partial charge in [-0.3, -0.25) is 0 Å². The molecule has 1 atom stereocenters. The van der Waals surface area contributed by atoms with Crippen molar-refractivity contribution in [1.29, 1.82) is 5.26 Å². The van der Waals surface area contributed by atoms with E-state index >= 15 is 0 Å². The molecule has 0 radical (unpaired) electrons. The standard InChI is InChI=1S/C17H18N2O2/c1-21-17-6-5-12(8-18)7-14(17)10-19-9-13-3-2-4-16(20)15(13)11-19/h5-7,9,11,16,20H,2-4,10H2,1H3. The van der Waals surface area contributed by atoms with Gasteiger partial charge in [0.15, 0.2) is 0 Å². The first-order valence-electron chi connectivity index (χ1n) is 7.15. The smallest absolute Gasteiger partial charge is 0.123 e. The number of aliphatic hydroxyl groups is 1. The molecule has 1 aliphatic carbocycles. The number of ether oxygens (including phenoxy) is 1. The van der Waals surface area contributed by atoms with Gasteiger partial charge in [0.05, 0.1) is 31.4 Å². The van der Waals surface area contributed by atoms with E-state index in [1.807, 2.05) is 18.3 Å². The quantitative estimate of drug-likeness (QED) is 0.941. The molecule has 0 spiro atoms. The van der Waals surface area contributed by atoms with Crippen LogP contribution in [0.4, 0.5) is 0 Å². The Bertz CT molecular complexity index is 697. The molecule has 0 aliphatic heterocycles. The number of hydrogen-bond acceptors (Lipinski definition) is 3. The van der Waals surface area contributed by atoms with Crippen LogP contribution in [0.1, 0.15) is 41.2 Å². The zero-order valence-corrected chi connectivity index (χ0v) is 12.0. The minimum absolute atomic E-state index is 0.345. The summed E-state index contributed by atoms with van der Waals surface area (Å²) in [5.74, 6) is 0.779. The summed E-state index contributed by atoms with van der Waals surface area (Å²) in [6, 6.07) is 7.59. The first-order valence-corrected chi connectivity index (χ1v) is 7.15. The SMILES string of the molecule is COc1ccc(C#N)cc1Cn1cc2c(c1)C(O)CCC2. The van der Waals surface area contributed by atoms with Crippen molar-refractivity contribution in [2.75, 3.05) is 7.11 Å². The van der Waals surface area contributed by atoms with Gasteiger partial charge >= 0.3 is 0 Å². The minimum Gasteiger partial charge on any atom is -0.496 e. The Hall–Kier alpha value is -2.25. The van der Waals surface area contributed by atoms with E-state index in [0.717, 1.165) is 36.1 Å². The molecule has 0 bridgehead atoms. The lowest BCUT2D eigenvalue weighted by atomic mass is 9.93. The average Bonchev–Trinajstić information content (AvgIpc) is 2.91. The Morgan fingerprint density at radius 2 is 2.29 bits per heavy atom. The molecular formula is C17H18N2O2. The third-order valence-corrected chi connectivity index (χ3v) is 4.04. The lowest BCUT2D eigenvalue weighted by Crippen LogP contribution is -2.05. The highest BCUT2D eigenvalue weighted by atomic mass is 16.5. The molecule has 2 aromatic rings. The molecule has 0 fully saturated rings. The van der Waals surface area contributed by atoms with Gasteiger partial charge < -0.3 is 14.4 Å². The second-order valence-electron chi connectivity index (χ2n) is 5.46. The van der Waals surface area contributed by atoms with Gasteiger partial charge in [0.2, 0.25) is 0 Å². The summed E-state index contributed by atoms with van der Waals surface area (Å²) in [6.07, 6.45) is 6.65. The van der Waals surface area contributed by atoms with Gasteiger partial charge in [0.1, 0.15) is 5.75 Å². The van der Waals surface area contributed by atoms with Crippen LogP contribution >= 0.6 is 0 Å². The normalized spacial score (nSPS) is 17.1. The number of aliphatic hydroxyl groups excluding tert-OH is 1. The van der Waals surface area contributed by atoms with Gasteiger partial charge in [-0.1, -0.05) is 0 Å². The molecule has 1 aromatic heterocycles. The number of methoxy groups -OCH3 is 1. The second kappa shape index (κ2) is 5.63. The van der Waals surface area contributed by atoms with Crippen LogP contribution < -0.4 is 4.74 Å². The molecule has 0 saturated heterocycles. The van der Waals surface area contributed by atoms with Gasteiger partial charge in [0, 0.05) is 23.5 Å². The topological polar surface area (TPSA) is 58.2 Å². The Morgan fingerprint density at radius 1 is 1.43 bits per heavy atom. The molecule has 0 saturated carbocycles. The van der Waals surface area contributed by atoms with E-state index in [0.29, 0.717) is 12.1 Å². The fourth-order valence-electron chi connectivity index (χ4n) is 2.98. The van der Waals surface area contributed by atoms with Crippen molar-refractivity contribution in [2.24, 2.45) is 0 Å². The molecule has 3 rings (SSSR count). The van der Waals surface area contributed by atoms with E-state index in [9.17, 15) is 5.11 Å². The van der Waals surface area contributed by atoms with E-state index in [1.54, 1.807) is 13.2 Å². The van der Waals surface area contributed by atoms with Crippen molar-refractivity contribution < 1.29 is 9.84 Å². The largest absolute Gasteiger partial charge is 0.496 e. The third-order valence-electron chi connectivity index (χ3n) is 4.04. The third kappa shape index (κ3) is 2.65. The van der Waals surface area contributed by atoms with E-state index < -0.39 is 0 Å². The Morgan fingerprint density at radius 3 is 3.00 bits per heavy atom. The summed E-state index contributed by atoms with van der Waals surface area (Å²) in [7, 11) is 1.63. The predicted molar refractivity (Wildman–Crippen MR) is 79.1 cm³/mol. The predicted octanol–water partition coefficient (Wildman–Crippen LogP) is 2.79. The van der Waals surface area contributed by atoms with Crippen LogP contribution in [0.15, 0.2) is 30.6 Å². The summed E-state index contributed by atoms with van der Waals surface area (Å²) in [5, 5.41) is 19.1. The number of aryl methyl sites for hydroxylation is 1. The Labute approximate surface area is 124 Å². The summed E-state index contributed by atoms with van der Waals surface area (Å²) in [4.78, 5) is 0. The summed E-state index contributed by atoms with van der Waals surface area (Å²) < 4.78 is 7.44. The van der Waals surface area contributed by atoms with Gasteiger partial charge in [-0.15, -0.1) is 0 Å². The monoisotopic (exact) mass is 282 g/mol. The molecular weight excluding hydrogens is 264 g/mol. The summed E-state index contributed by atoms with van der Waals surface area (Å²) >= 11 is 0. The van der Waals surface area contributed by atoms with Crippen molar-refractivity contribution in [3.63, 3.8) is 0 Å². The van der Waals surface area contributed by atoms with E-state index in [2.05, 4.69) is 16.8 Å². The Kier molecular flexibility index (Phi) is 3.68. The molecule has 21 heavy (non-hydrogen) atoms. The highest BCUT2D eigenvalue weighted by Crippen LogP contribution is 2.31. The number of nitriles is 1. The number of hydrogen-bond donors (Lipinski definition) is 1. The van der Waals surface area contributed by atoms with Crippen LogP contribution in [0.25, 0.3) is 0 Å². The van der Waals surface area contributed by atoms with Crippen LogP contribution in [-0.2, 0) is 13.0 Å². The minimum atomic E-state index is -0.345. The molecule has 4 heteroatoms. The molecule has 4 nitrogen and oxygen atoms in total. The molecule has 1 aliphatic rings. The number of benzene rings is 1. The second-order valence-corrected chi connectivity index (χ2v) is 5.46. The molecule has 1 unspecified atom stereocenters. The van der Waals surface area contributed by atoms with E-state index in [1.165, 1.54) is 5.56 Å². The molecule has 1 heterocycles. The van der Waals surface area contributed by atoms with E-state index in [4.69, 9.17) is 10.00 Å². The Balaban J connectivity index is 1.92. The van der Waals surface area contributed by atoms with Crippen molar-refractivity contribution in [1.82, 2.24) is 4.57 Å². The molecule has 1 N–H and O–H groups in total. The van der Waals surface area contributed by atoms with Crippen LogP contribution in [0, 0.1) is 11.3 Å². The maximum Gasteiger partial charge on any atom is 0.123 e. The van der Waals surface area contributed by atoms with Gasteiger partial charge in [-0.2, -0.15) is 5.26 Å². The maximum absolute atomic E-state index is 10.0. The summed E-state index contributed by atoms with van der Waals surface area (Å²) in [5.41, 5.74) is 3.86. The number of aromatic nitrogens is 1. The molecule has 0 amide bonds. The van der Waals surface area contributed by atoms with Crippen molar-refractivity contribution in [3.05, 3.63) is 52.8 Å². The zero-order chi connectivity index (χ0) is 14.8. The van der Waals surface area contributed by atoms with Crippen molar-refractivity contribution >= 4 is 0 Å². The average molecular weight is 282 g/mol. The summed E-state index contributed by atoms with van der Waals surface area (Å²) in [6.45, 7) is 0.637. The van der Waals surface area contributed by atoms with Crippen LogP contribution in [0.3, 0.4) is 0 Å². The molecule has 108 valence electrons. The van der Waals surface area contributed by atoms with Gasteiger partial charge in [0.25, 0.3) is 0 Å². The fourth-order valence-corrected chi connectivity index (χ4v) is 2.98. The number of fused-ring (bicyclic) bond motifs is 1. The highest BCUT2D eigenvalue weighted by molar-refractivity contribution is 5.42. The first-order chi connectivity index (χ1) is 10.2. The zero-order valence-electron chi connectivity index (χ0n) is 12.0. The van der Waals surface area contributed by atoms with Crippen LogP contribution in [0.5, 0.6) is 5.75 Å². The lowest BCUT2D eigenvalue weighted by Gasteiger charge is -2.16. The molecule has 1 aromatic carbocycles. The first kappa shape index (κ1) is 13.7. The van der Waals surface area contributed by atoms with Crippen LogP contribution in [-0.4, -0.2) is 16.8 Å². The lowest BCUT2D eigenvalue weighted by molar-refractivity contribution is 0.157. The van der Waals surface area contributed by atoms with Crippen molar-refractivity contribution in [3.8, 4) is 11.8 Å².